The van der Waals surface area contributed by atoms with Crippen LogP contribution in [0, 0.1) is 17.2 Å². The first-order chi connectivity index (χ1) is 10.2. The highest BCUT2D eigenvalue weighted by Crippen LogP contribution is 2.27. The number of ether oxygens (including phenoxy) is 1. The summed E-state index contributed by atoms with van der Waals surface area (Å²) < 4.78 is 7.88. The molecule has 0 radical (unpaired) electrons. The summed E-state index contributed by atoms with van der Waals surface area (Å²) in [5.41, 5.74) is 2.43. The number of alkyl halides is 1. The van der Waals surface area contributed by atoms with Crippen LogP contribution in [0.3, 0.4) is 0 Å². The summed E-state index contributed by atoms with van der Waals surface area (Å²) in [6, 6.07) is 7.98. The SMILES string of the molecule is CC1OCCC1Cn1c(CCCl)nc2c(C#N)cccc21. The Morgan fingerprint density at radius 1 is 1.52 bits per heavy atom. The van der Waals surface area contributed by atoms with E-state index in [0.29, 0.717) is 23.8 Å². The third kappa shape index (κ3) is 2.64. The number of hydrogen-bond donors (Lipinski definition) is 0. The normalized spacial score (nSPS) is 21.8. The van der Waals surface area contributed by atoms with E-state index < -0.39 is 0 Å². The van der Waals surface area contributed by atoms with Crippen molar-refractivity contribution < 1.29 is 4.74 Å². The molecule has 1 aromatic carbocycles. The highest BCUT2D eigenvalue weighted by Gasteiger charge is 2.26. The molecule has 110 valence electrons. The molecule has 2 heterocycles. The van der Waals surface area contributed by atoms with Crippen LogP contribution in [0.5, 0.6) is 0 Å². The molecule has 0 spiro atoms. The van der Waals surface area contributed by atoms with Crippen molar-refractivity contribution in [2.75, 3.05) is 12.5 Å². The quantitative estimate of drug-likeness (QED) is 0.815. The van der Waals surface area contributed by atoms with Crippen molar-refractivity contribution >= 4 is 22.6 Å². The van der Waals surface area contributed by atoms with Gasteiger partial charge in [-0.3, -0.25) is 0 Å². The fourth-order valence-electron chi connectivity index (χ4n) is 3.01. The molecule has 3 rings (SSSR count). The van der Waals surface area contributed by atoms with Crippen LogP contribution in [0.1, 0.15) is 24.7 Å². The van der Waals surface area contributed by atoms with E-state index in [1.54, 1.807) is 0 Å². The predicted molar refractivity (Wildman–Crippen MR) is 82.4 cm³/mol. The highest BCUT2D eigenvalue weighted by molar-refractivity contribution is 6.17. The average Bonchev–Trinajstić information content (AvgIpc) is 3.05. The Labute approximate surface area is 129 Å². The molecule has 1 fully saturated rings. The van der Waals surface area contributed by atoms with E-state index in [1.807, 2.05) is 18.2 Å². The molecule has 2 atom stereocenters. The first-order valence-electron chi connectivity index (χ1n) is 7.30. The second-order valence-electron chi connectivity index (χ2n) is 5.49. The van der Waals surface area contributed by atoms with E-state index >= 15 is 0 Å². The minimum Gasteiger partial charge on any atom is -0.378 e. The zero-order chi connectivity index (χ0) is 14.8. The smallest absolute Gasteiger partial charge is 0.111 e. The zero-order valence-corrected chi connectivity index (χ0v) is 12.8. The summed E-state index contributed by atoms with van der Waals surface area (Å²) in [5, 5.41) is 9.25. The number of nitrogens with zero attached hydrogens (tertiary/aromatic N) is 3. The Hall–Kier alpha value is -1.57. The second kappa shape index (κ2) is 6.05. The Balaban J connectivity index is 2.06. The summed E-state index contributed by atoms with van der Waals surface area (Å²) >= 11 is 5.91. The first-order valence-corrected chi connectivity index (χ1v) is 7.84. The van der Waals surface area contributed by atoms with Gasteiger partial charge in [-0.05, 0) is 25.5 Å². The van der Waals surface area contributed by atoms with Crippen molar-refractivity contribution in [1.82, 2.24) is 9.55 Å². The van der Waals surface area contributed by atoms with Gasteiger partial charge >= 0.3 is 0 Å². The van der Waals surface area contributed by atoms with Gasteiger partial charge in [0.2, 0.25) is 0 Å². The first kappa shape index (κ1) is 14.4. The number of aromatic nitrogens is 2. The molecule has 21 heavy (non-hydrogen) atoms. The number of aryl methyl sites for hydroxylation is 1. The van der Waals surface area contributed by atoms with Gasteiger partial charge in [-0.25, -0.2) is 4.98 Å². The van der Waals surface area contributed by atoms with Crippen LogP contribution in [0.15, 0.2) is 18.2 Å². The zero-order valence-electron chi connectivity index (χ0n) is 12.1. The molecule has 1 aliphatic heterocycles. The van der Waals surface area contributed by atoms with Crippen LogP contribution in [-0.2, 0) is 17.7 Å². The molecular formula is C16H18ClN3O. The lowest BCUT2D eigenvalue weighted by atomic mass is 10.0. The number of imidazole rings is 1. The Kier molecular flexibility index (Phi) is 4.14. The van der Waals surface area contributed by atoms with Crippen LogP contribution < -0.4 is 0 Å². The number of rotatable bonds is 4. The van der Waals surface area contributed by atoms with E-state index in [0.717, 1.165) is 36.4 Å². The Morgan fingerprint density at radius 3 is 3.05 bits per heavy atom. The van der Waals surface area contributed by atoms with E-state index in [2.05, 4.69) is 22.5 Å². The third-order valence-corrected chi connectivity index (χ3v) is 4.44. The van der Waals surface area contributed by atoms with Gasteiger partial charge < -0.3 is 9.30 Å². The fourth-order valence-corrected chi connectivity index (χ4v) is 3.18. The van der Waals surface area contributed by atoms with Gasteiger partial charge in [-0.2, -0.15) is 5.26 Å². The van der Waals surface area contributed by atoms with E-state index in [4.69, 9.17) is 16.3 Å². The number of nitriles is 1. The maximum atomic E-state index is 9.25. The van der Waals surface area contributed by atoms with Crippen LogP contribution in [0.2, 0.25) is 0 Å². The molecule has 0 amide bonds. The highest BCUT2D eigenvalue weighted by atomic mass is 35.5. The van der Waals surface area contributed by atoms with Crippen molar-refractivity contribution in [2.24, 2.45) is 5.92 Å². The van der Waals surface area contributed by atoms with Crippen LogP contribution in [0.25, 0.3) is 11.0 Å². The minimum atomic E-state index is 0.269. The molecule has 2 unspecified atom stereocenters. The standard InChI is InChI=1S/C16H18ClN3O/c1-11-13(6-8-21-11)10-20-14-4-2-3-12(9-18)16(14)19-15(20)5-7-17/h2-4,11,13H,5-8,10H2,1H3. The van der Waals surface area contributed by atoms with Crippen LogP contribution in [0.4, 0.5) is 0 Å². The van der Waals surface area contributed by atoms with Crippen LogP contribution >= 0.6 is 11.6 Å². The molecule has 4 nitrogen and oxygen atoms in total. The average molecular weight is 304 g/mol. The molecule has 1 aliphatic rings. The monoisotopic (exact) mass is 303 g/mol. The van der Waals surface area contributed by atoms with Gasteiger partial charge in [0.15, 0.2) is 0 Å². The van der Waals surface area contributed by atoms with E-state index in [1.165, 1.54) is 0 Å². The molecule has 5 heteroatoms. The molecule has 0 aliphatic carbocycles. The Morgan fingerprint density at radius 2 is 2.38 bits per heavy atom. The van der Waals surface area contributed by atoms with Gasteiger partial charge in [0.1, 0.15) is 17.4 Å². The number of halogens is 1. The van der Waals surface area contributed by atoms with Crippen molar-refractivity contribution in [1.29, 1.82) is 5.26 Å². The minimum absolute atomic E-state index is 0.269. The largest absolute Gasteiger partial charge is 0.378 e. The van der Waals surface area contributed by atoms with Crippen molar-refractivity contribution in [2.45, 2.75) is 32.4 Å². The van der Waals surface area contributed by atoms with Gasteiger partial charge in [0.05, 0.1) is 17.2 Å². The van der Waals surface area contributed by atoms with Gasteiger partial charge in [-0.15, -0.1) is 11.6 Å². The lowest BCUT2D eigenvalue weighted by molar-refractivity contribution is 0.102. The maximum Gasteiger partial charge on any atom is 0.111 e. The summed E-state index contributed by atoms with van der Waals surface area (Å²) in [4.78, 5) is 4.66. The van der Waals surface area contributed by atoms with Gasteiger partial charge in [0.25, 0.3) is 0 Å². The molecule has 0 bridgehead atoms. The molecule has 1 aromatic heterocycles. The third-order valence-electron chi connectivity index (χ3n) is 4.25. The van der Waals surface area contributed by atoms with E-state index in [9.17, 15) is 5.26 Å². The predicted octanol–water partition coefficient (Wildman–Crippen LogP) is 3.11. The summed E-state index contributed by atoms with van der Waals surface area (Å²) in [6.45, 7) is 3.82. The number of benzene rings is 1. The van der Waals surface area contributed by atoms with Crippen molar-refractivity contribution in [3.05, 3.63) is 29.6 Å². The lowest BCUT2D eigenvalue weighted by Gasteiger charge is -2.17. The van der Waals surface area contributed by atoms with Crippen molar-refractivity contribution in [3.63, 3.8) is 0 Å². The number of hydrogen-bond acceptors (Lipinski definition) is 3. The summed E-state index contributed by atoms with van der Waals surface area (Å²) in [6.07, 6.45) is 2.05. The van der Waals surface area contributed by atoms with E-state index in [-0.39, 0.29) is 6.10 Å². The van der Waals surface area contributed by atoms with Crippen molar-refractivity contribution in [3.8, 4) is 6.07 Å². The summed E-state index contributed by atoms with van der Waals surface area (Å²) in [7, 11) is 0. The lowest BCUT2D eigenvalue weighted by Crippen LogP contribution is -2.19. The molecule has 1 saturated heterocycles. The number of fused-ring (bicyclic) bond motifs is 1. The second-order valence-corrected chi connectivity index (χ2v) is 5.87. The fraction of sp³-hybridized carbons (Fsp3) is 0.500. The van der Waals surface area contributed by atoms with Crippen LogP contribution in [-0.4, -0.2) is 28.1 Å². The molecular weight excluding hydrogens is 286 g/mol. The molecule has 2 aromatic rings. The topological polar surface area (TPSA) is 50.8 Å². The molecule has 0 N–H and O–H groups in total. The maximum absolute atomic E-state index is 9.25. The molecule has 0 saturated carbocycles. The Bertz CT molecular complexity index is 689. The van der Waals surface area contributed by atoms with Gasteiger partial charge in [0, 0.05) is 31.4 Å². The summed E-state index contributed by atoms with van der Waals surface area (Å²) in [5.74, 6) is 1.98. The van der Waals surface area contributed by atoms with Gasteiger partial charge in [-0.1, -0.05) is 6.07 Å². The number of para-hydroxylation sites is 1.